The molecule has 0 aliphatic rings. The fraction of sp³-hybridized carbons (Fsp3) is 0.143. The largest absolute Gasteiger partial charge is 0.360 e. The first kappa shape index (κ1) is 16.9. The number of hydrogen-bond donors (Lipinski definition) is 0. The van der Waals surface area contributed by atoms with Gasteiger partial charge in [0.1, 0.15) is 17.0 Å². The molecule has 0 aliphatic carbocycles. The van der Waals surface area contributed by atoms with Gasteiger partial charge in [-0.3, -0.25) is 14.8 Å². The Morgan fingerprint density at radius 1 is 1.07 bits per heavy atom. The van der Waals surface area contributed by atoms with Crippen molar-refractivity contribution in [3.8, 4) is 11.3 Å². The second-order valence-electron chi connectivity index (χ2n) is 6.35. The maximum absolute atomic E-state index is 13.2. The molecule has 0 saturated carbocycles. The molecule has 3 heterocycles. The van der Waals surface area contributed by atoms with Crippen molar-refractivity contribution in [2.24, 2.45) is 0 Å². The number of amides is 1. The third kappa shape index (κ3) is 3.17. The Morgan fingerprint density at radius 2 is 1.89 bits per heavy atom. The molecule has 0 bridgehead atoms. The predicted molar refractivity (Wildman–Crippen MR) is 102 cm³/mol. The monoisotopic (exact) mass is 358 g/mol. The van der Waals surface area contributed by atoms with Crippen molar-refractivity contribution in [1.29, 1.82) is 0 Å². The van der Waals surface area contributed by atoms with Crippen LogP contribution in [0.15, 0.2) is 65.6 Å². The Bertz CT molecular complexity index is 1100. The van der Waals surface area contributed by atoms with Crippen molar-refractivity contribution < 1.29 is 9.32 Å². The van der Waals surface area contributed by atoms with Gasteiger partial charge in [-0.1, -0.05) is 23.4 Å². The Hall–Kier alpha value is -3.54. The first-order valence-electron chi connectivity index (χ1n) is 8.60. The zero-order chi connectivity index (χ0) is 18.8. The molecular weight excluding hydrogens is 340 g/mol. The van der Waals surface area contributed by atoms with Gasteiger partial charge < -0.3 is 9.42 Å². The molecule has 0 spiro atoms. The van der Waals surface area contributed by atoms with E-state index in [9.17, 15) is 4.79 Å². The first-order valence-corrected chi connectivity index (χ1v) is 8.60. The van der Waals surface area contributed by atoms with Gasteiger partial charge in [0.05, 0.1) is 5.52 Å². The maximum atomic E-state index is 13.2. The van der Waals surface area contributed by atoms with Gasteiger partial charge >= 0.3 is 0 Å². The Labute approximate surface area is 156 Å². The summed E-state index contributed by atoms with van der Waals surface area (Å²) in [5.41, 5.74) is 3.76. The molecule has 0 N–H and O–H groups in total. The number of benzene rings is 1. The minimum absolute atomic E-state index is 0.138. The number of hydrogen-bond acceptors (Lipinski definition) is 5. The topological polar surface area (TPSA) is 72.1 Å². The van der Waals surface area contributed by atoms with E-state index in [1.807, 2.05) is 42.5 Å². The van der Waals surface area contributed by atoms with Crippen LogP contribution in [-0.2, 0) is 6.54 Å². The Kier molecular flexibility index (Phi) is 4.38. The van der Waals surface area contributed by atoms with Crippen LogP contribution in [0.3, 0.4) is 0 Å². The van der Waals surface area contributed by atoms with Crippen molar-refractivity contribution in [3.05, 3.63) is 77.9 Å². The standard InChI is InChI=1S/C21H18N4O2/c1-14-19(20(24-27-14)15-8-11-22-12-9-15)21(26)25(2)13-16-5-3-7-18-17(16)6-4-10-23-18/h3-12H,13H2,1-2H3. The van der Waals surface area contributed by atoms with Crippen LogP contribution in [0.25, 0.3) is 22.2 Å². The van der Waals surface area contributed by atoms with E-state index >= 15 is 0 Å². The molecule has 4 aromatic rings. The number of pyridine rings is 2. The second kappa shape index (κ2) is 6.99. The van der Waals surface area contributed by atoms with Gasteiger partial charge in [0, 0.05) is 43.1 Å². The van der Waals surface area contributed by atoms with E-state index in [4.69, 9.17) is 4.52 Å². The molecule has 0 fully saturated rings. The molecule has 1 aromatic carbocycles. The maximum Gasteiger partial charge on any atom is 0.259 e. The van der Waals surface area contributed by atoms with Crippen LogP contribution in [0, 0.1) is 6.92 Å². The molecule has 0 aliphatic heterocycles. The fourth-order valence-electron chi connectivity index (χ4n) is 3.15. The van der Waals surface area contributed by atoms with E-state index in [1.54, 1.807) is 37.5 Å². The van der Waals surface area contributed by atoms with Crippen molar-refractivity contribution in [1.82, 2.24) is 20.0 Å². The molecule has 3 aromatic heterocycles. The average Bonchev–Trinajstić information content (AvgIpc) is 3.09. The molecule has 0 radical (unpaired) electrons. The van der Waals surface area contributed by atoms with Gasteiger partial charge in [0.15, 0.2) is 0 Å². The zero-order valence-corrected chi connectivity index (χ0v) is 15.1. The van der Waals surface area contributed by atoms with Crippen LogP contribution in [0.1, 0.15) is 21.7 Å². The third-order valence-corrected chi connectivity index (χ3v) is 4.52. The molecule has 134 valence electrons. The minimum Gasteiger partial charge on any atom is -0.360 e. The van der Waals surface area contributed by atoms with E-state index in [2.05, 4.69) is 15.1 Å². The molecule has 0 unspecified atom stereocenters. The highest BCUT2D eigenvalue weighted by atomic mass is 16.5. The fourth-order valence-corrected chi connectivity index (χ4v) is 3.15. The molecule has 6 nitrogen and oxygen atoms in total. The van der Waals surface area contributed by atoms with E-state index in [1.165, 1.54) is 0 Å². The molecule has 0 saturated heterocycles. The summed E-state index contributed by atoms with van der Waals surface area (Å²) in [6.45, 7) is 2.21. The van der Waals surface area contributed by atoms with Gasteiger partial charge in [-0.25, -0.2) is 0 Å². The number of carbonyl (C=O) groups is 1. The lowest BCUT2D eigenvalue weighted by Crippen LogP contribution is -2.27. The quantitative estimate of drug-likeness (QED) is 0.554. The third-order valence-electron chi connectivity index (χ3n) is 4.52. The molecule has 27 heavy (non-hydrogen) atoms. The molecule has 6 heteroatoms. The summed E-state index contributed by atoms with van der Waals surface area (Å²) < 4.78 is 5.31. The van der Waals surface area contributed by atoms with Crippen LogP contribution in [0.5, 0.6) is 0 Å². The van der Waals surface area contributed by atoms with Crippen LogP contribution in [0.4, 0.5) is 0 Å². The SMILES string of the molecule is Cc1onc(-c2ccncc2)c1C(=O)N(C)Cc1cccc2ncccc12. The van der Waals surface area contributed by atoms with E-state index in [-0.39, 0.29) is 5.91 Å². The lowest BCUT2D eigenvalue weighted by molar-refractivity contribution is 0.0784. The van der Waals surface area contributed by atoms with Crippen LogP contribution in [-0.4, -0.2) is 33.0 Å². The van der Waals surface area contributed by atoms with Gasteiger partial charge in [-0.15, -0.1) is 0 Å². The van der Waals surface area contributed by atoms with Gasteiger partial charge in [-0.05, 0) is 36.8 Å². The van der Waals surface area contributed by atoms with Crippen molar-refractivity contribution in [2.75, 3.05) is 7.05 Å². The average molecular weight is 358 g/mol. The van der Waals surface area contributed by atoms with Crippen LogP contribution in [0.2, 0.25) is 0 Å². The molecule has 1 amide bonds. The number of nitrogens with zero attached hydrogens (tertiary/aromatic N) is 4. The zero-order valence-electron chi connectivity index (χ0n) is 15.1. The Balaban J connectivity index is 1.67. The summed E-state index contributed by atoms with van der Waals surface area (Å²) in [5, 5.41) is 5.12. The smallest absolute Gasteiger partial charge is 0.259 e. The molecule has 0 atom stereocenters. The molecular formula is C21H18N4O2. The van der Waals surface area contributed by atoms with Crippen LogP contribution < -0.4 is 0 Å². The van der Waals surface area contributed by atoms with Gasteiger partial charge in [0.25, 0.3) is 5.91 Å². The lowest BCUT2D eigenvalue weighted by Gasteiger charge is -2.18. The number of fused-ring (bicyclic) bond motifs is 1. The highest BCUT2D eigenvalue weighted by Gasteiger charge is 2.24. The van der Waals surface area contributed by atoms with E-state index < -0.39 is 0 Å². The summed E-state index contributed by atoms with van der Waals surface area (Å²) in [7, 11) is 1.78. The van der Waals surface area contributed by atoms with Crippen molar-refractivity contribution in [2.45, 2.75) is 13.5 Å². The van der Waals surface area contributed by atoms with Crippen molar-refractivity contribution >= 4 is 16.8 Å². The summed E-state index contributed by atoms with van der Waals surface area (Å²) >= 11 is 0. The van der Waals surface area contributed by atoms with Crippen molar-refractivity contribution in [3.63, 3.8) is 0 Å². The summed E-state index contributed by atoms with van der Waals surface area (Å²) in [5.74, 6) is 0.361. The molecule has 4 rings (SSSR count). The summed E-state index contributed by atoms with van der Waals surface area (Å²) in [4.78, 5) is 23.2. The second-order valence-corrected chi connectivity index (χ2v) is 6.35. The first-order chi connectivity index (χ1) is 13.1. The normalized spacial score (nSPS) is 10.9. The summed E-state index contributed by atoms with van der Waals surface area (Å²) in [6.07, 6.45) is 5.10. The van der Waals surface area contributed by atoms with E-state index in [0.29, 0.717) is 23.6 Å². The lowest BCUT2D eigenvalue weighted by atomic mass is 10.1. The number of aromatic nitrogens is 3. The minimum atomic E-state index is -0.138. The number of carbonyl (C=O) groups excluding carboxylic acids is 1. The number of aryl methyl sites for hydroxylation is 1. The van der Waals surface area contributed by atoms with E-state index in [0.717, 1.165) is 22.0 Å². The van der Waals surface area contributed by atoms with Gasteiger partial charge in [-0.2, -0.15) is 0 Å². The highest BCUT2D eigenvalue weighted by molar-refractivity contribution is 6.00. The predicted octanol–water partition coefficient (Wildman–Crippen LogP) is 3.87. The van der Waals surface area contributed by atoms with Crippen LogP contribution >= 0.6 is 0 Å². The Morgan fingerprint density at radius 3 is 2.70 bits per heavy atom. The number of rotatable bonds is 4. The summed E-state index contributed by atoms with van der Waals surface area (Å²) in [6, 6.07) is 13.5. The highest BCUT2D eigenvalue weighted by Crippen LogP contribution is 2.26. The van der Waals surface area contributed by atoms with Gasteiger partial charge in [0.2, 0.25) is 0 Å².